The summed E-state index contributed by atoms with van der Waals surface area (Å²) in [4.78, 5) is 12.4. The number of nitrogens with one attached hydrogen (secondary N) is 2. The second-order valence-electron chi connectivity index (χ2n) is 5.30. The van der Waals surface area contributed by atoms with Crippen LogP contribution in [0.15, 0.2) is 22.5 Å². The van der Waals surface area contributed by atoms with Crippen LogP contribution in [0.2, 0.25) is 0 Å². The summed E-state index contributed by atoms with van der Waals surface area (Å²) in [6.07, 6.45) is 1.04. The Balaban J connectivity index is 1.94. The van der Waals surface area contributed by atoms with E-state index in [4.69, 9.17) is 0 Å². The number of carbonyl (C=O) groups is 1. The largest absolute Gasteiger partial charge is 0.360 e. The minimum Gasteiger partial charge on any atom is -0.360 e. The van der Waals surface area contributed by atoms with Crippen LogP contribution in [-0.2, 0) is 4.79 Å². The van der Waals surface area contributed by atoms with Gasteiger partial charge in [-0.15, -0.1) is 10.2 Å². The van der Waals surface area contributed by atoms with Crippen molar-refractivity contribution in [1.29, 1.82) is 0 Å². The number of nitrogens with zero attached hydrogens (tertiary/aromatic N) is 2. The van der Waals surface area contributed by atoms with Gasteiger partial charge in [-0.05, 0) is 44.4 Å². The first kappa shape index (κ1) is 17.7. The molecule has 1 unspecified atom stereocenters. The van der Waals surface area contributed by atoms with Gasteiger partial charge in [-0.2, -0.15) is 0 Å². The molecule has 1 atom stereocenters. The molecule has 2 rings (SSSR count). The SMILES string of the molecule is CCCNc1nnc(SC(C)C(=O)Nc2cccc(C)c2C)s1. The zero-order valence-corrected chi connectivity index (χ0v) is 15.5. The molecule has 0 aliphatic heterocycles. The summed E-state index contributed by atoms with van der Waals surface area (Å²) in [6.45, 7) is 8.91. The lowest BCUT2D eigenvalue weighted by Crippen LogP contribution is -2.22. The summed E-state index contributed by atoms with van der Waals surface area (Å²) in [5, 5.41) is 15.0. The van der Waals surface area contributed by atoms with Crippen LogP contribution in [0.3, 0.4) is 0 Å². The molecule has 7 heteroatoms. The van der Waals surface area contributed by atoms with Crippen LogP contribution >= 0.6 is 23.1 Å². The van der Waals surface area contributed by atoms with Crippen molar-refractivity contribution < 1.29 is 4.79 Å². The summed E-state index contributed by atoms with van der Waals surface area (Å²) < 4.78 is 0.798. The van der Waals surface area contributed by atoms with E-state index in [-0.39, 0.29) is 11.2 Å². The summed E-state index contributed by atoms with van der Waals surface area (Å²) in [5.74, 6) is -0.0260. The molecule has 23 heavy (non-hydrogen) atoms. The molecular weight excluding hydrogens is 328 g/mol. The number of aromatic nitrogens is 2. The smallest absolute Gasteiger partial charge is 0.237 e. The Hall–Kier alpha value is -1.60. The molecule has 0 fully saturated rings. The van der Waals surface area contributed by atoms with Crippen LogP contribution in [0, 0.1) is 13.8 Å². The molecule has 124 valence electrons. The monoisotopic (exact) mass is 350 g/mol. The average molecular weight is 351 g/mol. The fourth-order valence-corrected chi connectivity index (χ4v) is 3.81. The third-order valence-corrected chi connectivity index (χ3v) is 5.51. The number of amides is 1. The maximum Gasteiger partial charge on any atom is 0.237 e. The van der Waals surface area contributed by atoms with Crippen LogP contribution in [0.4, 0.5) is 10.8 Å². The molecule has 0 saturated carbocycles. The summed E-state index contributed by atoms with van der Waals surface area (Å²) >= 11 is 2.91. The molecule has 2 aromatic rings. The standard InChI is InChI=1S/C16H22N4OS2/c1-5-9-17-15-19-20-16(23-15)22-12(4)14(21)18-13-8-6-7-10(2)11(13)3/h6-8,12H,5,9H2,1-4H3,(H,17,19)(H,18,21). The lowest BCUT2D eigenvalue weighted by atomic mass is 10.1. The molecule has 0 aliphatic carbocycles. The zero-order chi connectivity index (χ0) is 16.8. The Labute approximate surface area is 145 Å². The third kappa shape index (κ3) is 4.94. The van der Waals surface area contributed by atoms with E-state index in [9.17, 15) is 4.79 Å². The Bertz CT molecular complexity index is 672. The molecule has 1 aromatic heterocycles. The Kier molecular flexibility index (Phi) is 6.41. The minimum atomic E-state index is -0.234. The molecule has 0 aliphatic rings. The molecule has 1 heterocycles. The molecule has 2 N–H and O–H groups in total. The van der Waals surface area contributed by atoms with Crippen molar-refractivity contribution in [3.05, 3.63) is 29.3 Å². The van der Waals surface area contributed by atoms with E-state index in [2.05, 4.69) is 27.8 Å². The number of benzene rings is 1. The quantitative estimate of drug-likeness (QED) is 0.736. The van der Waals surface area contributed by atoms with Crippen molar-refractivity contribution in [3.63, 3.8) is 0 Å². The predicted molar refractivity (Wildman–Crippen MR) is 98.6 cm³/mol. The first-order chi connectivity index (χ1) is 11.0. The highest BCUT2D eigenvalue weighted by Gasteiger charge is 2.18. The van der Waals surface area contributed by atoms with E-state index >= 15 is 0 Å². The van der Waals surface area contributed by atoms with Gasteiger partial charge in [-0.3, -0.25) is 4.79 Å². The maximum atomic E-state index is 12.4. The van der Waals surface area contributed by atoms with Crippen molar-refractivity contribution in [3.8, 4) is 0 Å². The Morgan fingerprint density at radius 2 is 2.13 bits per heavy atom. The van der Waals surface area contributed by atoms with E-state index in [0.717, 1.165) is 33.7 Å². The topological polar surface area (TPSA) is 66.9 Å². The molecule has 1 amide bonds. The van der Waals surface area contributed by atoms with Crippen molar-refractivity contribution in [2.75, 3.05) is 17.2 Å². The van der Waals surface area contributed by atoms with Gasteiger partial charge in [0.15, 0.2) is 4.34 Å². The van der Waals surface area contributed by atoms with Gasteiger partial charge in [0, 0.05) is 12.2 Å². The van der Waals surface area contributed by atoms with Crippen LogP contribution < -0.4 is 10.6 Å². The summed E-state index contributed by atoms with van der Waals surface area (Å²) in [5.41, 5.74) is 3.13. The Morgan fingerprint density at radius 3 is 2.87 bits per heavy atom. The summed E-state index contributed by atoms with van der Waals surface area (Å²) in [6, 6.07) is 5.91. The van der Waals surface area contributed by atoms with E-state index in [1.165, 1.54) is 28.7 Å². The highest BCUT2D eigenvalue weighted by molar-refractivity contribution is 8.02. The van der Waals surface area contributed by atoms with Crippen molar-refractivity contribution in [1.82, 2.24) is 10.2 Å². The van der Waals surface area contributed by atoms with E-state index in [1.54, 1.807) is 0 Å². The van der Waals surface area contributed by atoms with Crippen molar-refractivity contribution in [2.45, 2.75) is 43.7 Å². The molecule has 0 bridgehead atoms. The summed E-state index contributed by atoms with van der Waals surface area (Å²) in [7, 11) is 0. The second-order valence-corrected chi connectivity index (χ2v) is 7.86. The predicted octanol–water partition coefficient (Wildman–Crippen LogP) is 4.10. The number of thioether (sulfide) groups is 1. The van der Waals surface area contributed by atoms with Gasteiger partial charge < -0.3 is 10.6 Å². The maximum absolute atomic E-state index is 12.4. The van der Waals surface area contributed by atoms with Gasteiger partial charge in [0.2, 0.25) is 11.0 Å². The first-order valence-corrected chi connectivity index (χ1v) is 9.32. The van der Waals surface area contributed by atoms with Gasteiger partial charge in [0.05, 0.1) is 5.25 Å². The third-order valence-electron chi connectivity index (χ3n) is 3.44. The minimum absolute atomic E-state index is 0.0260. The average Bonchev–Trinajstić information content (AvgIpc) is 2.97. The van der Waals surface area contributed by atoms with Crippen molar-refractivity contribution in [2.24, 2.45) is 0 Å². The van der Waals surface area contributed by atoms with Crippen LogP contribution in [-0.4, -0.2) is 27.9 Å². The van der Waals surface area contributed by atoms with Gasteiger partial charge in [0.1, 0.15) is 0 Å². The number of hydrogen-bond donors (Lipinski definition) is 2. The van der Waals surface area contributed by atoms with E-state index in [1.807, 2.05) is 39.0 Å². The second kappa shape index (κ2) is 8.31. The number of rotatable bonds is 7. The zero-order valence-electron chi connectivity index (χ0n) is 13.8. The molecule has 1 aromatic carbocycles. The molecule has 0 spiro atoms. The number of anilines is 2. The molecule has 5 nitrogen and oxygen atoms in total. The van der Waals surface area contributed by atoms with Gasteiger partial charge in [-0.25, -0.2) is 0 Å². The highest BCUT2D eigenvalue weighted by Crippen LogP contribution is 2.29. The van der Waals surface area contributed by atoms with Gasteiger partial charge in [0.25, 0.3) is 0 Å². The fraction of sp³-hybridized carbons (Fsp3) is 0.438. The van der Waals surface area contributed by atoms with E-state index < -0.39 is 0 Å². The molecule has 0 saturated heterocycles. The lowest BCUT2D eigenvalue weighted by molar-refractivity contribution is -0.115. The normalized spacial score (nSPS) is 12.0. The first-order valence-electron chi connectivity index (χ1n) is 7.62. The van der Waals surface area contributed by atoms with Gasteiger partial charge in [-0.1, -0.05) is 42.2 Å². The van der Waals surface area contributed by atoms with Gasteiger partial charge >= 0.3 is 0 Å². The molecule has 0 radical (unpaired) electrons. The van der Waals surface area contributed by atoms with Crippen molar-refractivity contribution >= 4 is 39.8 Å². The number of aryl methyl sites for hydroxylation is 1. The fourth-order valence-electron chi connectivity index (χ4n) is 1.89. The molecular formula is C16H22N4OS2. The Morgan fingerprint density at radius 1 is 1.35 bits per heavy atom. The number of hydrogen-bond acceptors (Lipinski definition) is 6. The van der Waals surface area contributed by atoms with E-state index in [0.29, 0.717) is 0 Å². The lowest BCUT2D eigenvalue weighted by Gasteiger charge is -2.13. The highest BCUT2D eigenvalue weighted by atomic mass is 32.2. The van der Waals surface area contributed by atoms with Crippen LogP contribution in [0.1, 0.15) is 31.4 Å². The van der Waals surface area contributed by atoms with Crippen LogP contribution in [0.5, 0.6) is 0 Å². The van der Waals surface area contributed by atoms with Crippen LogP contribution in [0.25, 0.3) is 0 Å². The number of carbonyl (C=O) groups excluding carboxylic acids is 1.